The van der Waals surface area contributed by atoms with E-state index in [1.807, 2.05) is 25.1 Å². The van der Waals surface area contributed by atoms with Crippen molar-refractivity contribution < 1.29 is 14.6 Å². The number of hydrogen-bond donors (Lipinski definition) is 2. The molecule has 1 aromatic carbocycles. The van der Waals surface area contributed by atoms with Crippen molar-refractivity contribution in [2.45, 2.75) is 13.3 Å². The molecule has 1 heterocycles. The molecule has 0 aliphatic carbocycles. The van der Waals surface area contributed by atoms with Crippen LogP contribution in [0.25, 0.3) is 10.9 Å². The van der Waals surface area contributed by atoms with Crippen LogP contribution in [0.5, 0.6) is 5.75 Å². The summed E-state index contributed by atoms with van der Waals surface area (Å²) in [6.45, 7) is 2.69. The fourth-order valence-electron chi connectivity index (χ4n) is 1.60. The van der Waals surface area contributed by atoms with Crippen molar-refractivity contribution in [3.05, 3.63) is 28.4 Å². The quantitative estimate of drug-likeness (QED) is 0.909. The van der Waals surface area contributed by atoms with Crippen LogP contribution in [0.15, 0.2) is 22.7 Å². The Bertz CT molecular complexity index is 562. The lowest BCUT2D eigenvalue weighted by atomic mass is 10.2. The third-order valence-electron chi connectivity index (χ3n) is 2.39. The number of benzene rings is 1. The minimum absolute atomic E-state index is 0.160. The van der Waals surface area contributed by atoms with Crippen LogP contribution in [0, 0.1) is 0 Å². The van der Waals surface area contributed by atoms with Crippen molar-refractivity contribution >= 4 is 32.8 Å². The van der Waals surface area contributed by atoms with Crippen molar-refractivity contribution in [3.63, 3.8) is 0 Å². The van der Waals surface area contributed by atoms with Crippen molar-refractivity contribution in [1.29, 1.82) is 0 Å². The lowest BCUT2D eigenvalue weighted by Crippen LogP contribution is -1.96. The molecule has 17 heavy (non-hydrogen) atoms. The molecule has 0 fully saturated rings. The first-order valence-electron chi connectivity index (χ1n) is 5.30. The summed E-state index contributed by atoms with van der Waals surface area (Å²) in [5, 5.41) is 9.80. The lowest BCUT2D eigenvalue weighted by molar-refractivity contribution is 0.0690. The van der Waals surface area contributed by atoms with Crippen LogP contribution in [0.2, 0.25) is 0 Å². The summed E-state index contributed by atoms with van der Waals surface area (Å²) < 4.78 is 6.06. The van der Waals surface area contributed by atoms with Gasteiger partial charge in [0, 0.05) is 10.9 Å². The van der Waals surface area contributed by atoms with Gasteiger partial charge in [-0.1, -0.05) is 6.92 Å². The number of aromatic amines is 1. The molecule has 2 N–H and O–H groups in total. The van der Waals surface area contributed by atoms with Gasteiger partial charge in [0.2, 0.25) is 0 Å². The van der Waals surface area contributed by atoms with Gasteiger partial charge in [-0.2, -0.15) is 0 Å². The molecule has 2 rings (SSSR count). The van der Waals surface area contributed by atoms with Crippen LogP contribution in [0.3, 0.4) is 0 Å². The standard InChI is InChI=1S/C12H12BrNO3/c1-2-5-17-7-3-4-9-8(6-7)10(13)11(14-9)12(15)16/h3-4,6,14H,2,5H2,1H3,(H,15,16). The first-order valence-corrected chi connectivity index (χ1v) is 6.10. The third kappa shape index (κ3) is 2.29. The van der Waals surface area contributed by atoms with Crippen LogP contribution in [0.1, 0.15) is 23.8 Å². The number of aromatic nitrogens is 1. The van der Waals surface area contributed by atoms with Gasteiger partial charge in [-0.25, -0.2) is 4.79 Å². The average molecular weight is 298 g/mol. The first-order chi connectivity index (χ1) is 8.13. The smallest absolute Gasteiger partial charge is 0.353 e. The molecular formula is C12H12BrNO3. The Kier molecular flexibility index (Phi) is 3.38. The summed E-state index contributed by atoms with van der Waals surface area (Å²) in [6, 6.07) is 5.47. The highest BCUT2D eigenvalue weighted by Gasteiger charge is 2.15. The van der Waals surface area contributed by atoms with Crippen LogP contribution >= 0.6 is 15.9 Å². The zero-order chi connectivity index (χ0) is 12.4. The predicted molar refractivity (Wildman–Crippen MR) is 68.7 cm³/mol. The maximum absolute atomic E-state index is 11.0. The zero-order valence-electron chi connectivity index (χ0n) is 9.29. The summed E-state index contributed by atoms with van der Waals surface area (Å²) in [5.41, 5.74) is 0.936. The highest BCUT2D eigenvalue weighted by molar-refractivity contribution is 9.10. The van der Waals surface area contributed by atoms with E-state index in [2.05, 4.69) is 20.9 Å². The van der Waals surface area contributed by atoms with Gasteiger partial charge in [0.15, 0.2) is 0 Å². The summed E-state index contributed by atoms with van der Waals surface area (Å²) in [7, 11) is 0. The normalized spacial score (nSPS) is 10.7. The van der Waals surface area contributed by atoms with E-state index in [0.29, 0.717) is 11.1 Å². The predicted octanol–water partition coefficient (Wildman–Crippen LogP) is 3.42. The molecule has 0 atom stereocenters. The number of halogens is 1. The zero-order valence-corrected chi connectivity index (χ0v) is 10.9. The van der Waals surface area contributed by atoms with Crippen molar-refractivity contribution in [3.8, 4) is 5.75 Å². The van der Waals surface area contributed by atoms with Crippen LogP contribution in [-0.4, -0.2) is 22.7 Å². The molecule has 0 amide bonds. The second-order valence-corrected chi connectivity index (χ2v) is 4.47. The van der Waals surface area contributed by atoms with Crippen molar-refractivity contribution in [2.24, 2.45) is 0 Å². The van der Waals surface area contributed by atoms with E-state index < -0.39 is 5.97 Å². The topological polar surface area (TPSA) is 62.3 Å². The number of rotatable bonds is 4. The van der Waals surface area contributed by atoms with Crippen LogP contribution < -0.4 is 4.74 Å². The Labute approximate surface area is 107 Å². The molecule has 0 aliphatic heterocycles. The molecule has 4 nitrogen and oxygen atoms in total. The Morgan fingerprint density at radius 3 is 2.94 bits per heavy atom. The second kappa shape index (κ2) is 4.79. The molecule has 0 saturated heterocycles. The summed E-state index contributed by atoms with van der Waals surface area (Å²) in [5.74, 6) is -0.236. The van der Waals surface area contributed by atoms with Gasteiger partial charge in [0.05, 0.1) is 11.1 Å². The Balaban J connectivity index is 2.46. The highest BCUT2D eigenvalue weighted by Crippen LogP contribution is 2.30. The fourth-order valence-corrected chi connectivity index (χ4v) is 2.19. The molecule has 0 radical (unpaired) electrons. The van der Waals surface area contributed by atoms with E-state index in [4.69, 9.17) is 9.84 Å². The number of ether oxygens (including phenoxy) is 1. The van der Waals surface area contributed by atoms with E-state index in [0.717, 1.165) is 23.1 Å². The number of nitrogens with one attached hydrogen (secondary N) is 1. The van der Waals surface area contributed by atoms with Gasteiger partial charge in [-0.15, -0.1) is 0 Å². The molecule has 90 valence electrons. The van der Waals surface area contributed by atoms with Gasteiger partial charge < -0.3 is 14.8 Å². The highest BCUT2D eigenvalue weighted by atomic mass is 79.9. The number of H-pyrrole nitrogens is 1. The largest absolute Gasteiger partial charge is 0.494 e. The van der Waals surface area contributed by atoms with Gasteiger partial charge >= 0.3 is 5.97 Å². The van der Waals surface area contributed by atoms with Crippen molar-refractivity contribution in [1.82, 2.24) is 4.98 Å². The number of carbonyl (C=O) groups is 1. The van der Waals surface area contributed by atoms with Crippen LogP contribution in [0.4, 0.5) is 0 Å². The summed E-state index contributed by atoms with van der Waals surface area (Å²) in [6.07, 6.45) is 0.937. The number of fused-ring (bicyclic) bond motifs is 1. The molecule has 1 aromatic heterocycles. The Hall–Kier alpha value is -1.49. The summed E-state index contributed by atoms with van der Waals surface area (Å²) >= 11 is 3.29. The van der Waals surface area contributed by atoms with Crippen molar-refractivity contribution in [2.75, 3.05) is 6.61 Å². The fraction of sp³-hybridized carbons (Fsp3) is 0.250. The lowest BCUT2D eigenvalue weighted by Gasteiger charge is -2.03. The summed E-state index contributed by atoms with van der Waals surface area (Å²) in [4.78, 5) is 13.8. The van der Waals surface area contributed by atoms with Gasteiger partial charge in [-0.05, 0) is 40.5 Å². The SMILES string of the molecule is CCCOc1ccc2[nH]c(C(=O)O)c(Br)c2c1. The maximum Gasteiger partial charge on any atom is 0.353 e. The Morgan fingerprint density at radius 1 is 1.53 bits per heavy atom. The molecule has 5 heteroatoms. The van der Waals surface area contributed by atoms with E-state index in [1.54, 1.807) is 0 Å². The average Bonchev–Trinajstić information content (AvgIpc) is 2.64. The van der Waals surface area contributed by atoms with E-state index >= 15 is 0 Å². The van der Waals surface area contributed by atoms with E-state index in [1.165, 1.54) is 0 Å². The molecule has 0 bridgehead atoms. The number of carboxylic acid groups (broad SMARTS) is 1. The molecule has 0 saturated carbocycles. The van der Waals surface area contributed by atoms with Crippen LogP contribution in [-0.2, 0) is 0 Å². The molecule has 0 aliphatic rings. The minimum atomic E-state index is -0.982. The van der Waals surface area contributed by atoms with E-state index in [9.17, 15) is 4.79 Å². The first kappa shape index (κ1) is 12.0. The molecule has 0 spiro atoms. The number of carboxylic acids is 1. The van der Waals surface area contributed by atoms with Gasteiger partial charge in [0.1, 0.15) is 11.4 Å². The third-order valence-corrected chi connectivity index (χ3v) is 3.22. The number of aromatic carboxylic acids is 1. The van der Waals surface area contributed by atoms with Gasteiger partial charge in [0.25, 0.3) is 0 Å². The monoisotopic (exact) mass is 297 g/mol. The Morgan fingerprint density at radius 2 is 2.29 bits per heavy atom. The van der Waals surface area contributed by atoms with E-state index in [-0.39, 0.29) is 5.69 Å². The maximum atomic E-state index is 11.0. The van der Waals surface area contributed by atoms with Gasteiger partial charge in [-0.3, -0.25) is 0 Å². The number of hydrogen-bond acceptors (Lipinski definition) is 2. The molecule has 2 aromatic rings. The molecule has 0 unspecified atom stereocenters. The molecular weight excluding hydrogens is 286 g/mol. The minimum Gasteiger partial charge on any atom is -0.494 e. The second-order valence-electron chi connectivity index (χ2n) is 3.67.